The summed E-state index contributed by atoms with van der Waals surface area (Å²) in [7, 11) is 0. The summed E-state index contributed by atoms with van der Waals surface area (Å²) in [5.41, 5.74) is 2.83. The Morgan fingerprint density at radius 1 is 1.32 bits per heavy atom. The van der Waals surface area contributed by atoms with E-state index < -0.39 is 0 Å². The maximum Gasteiger partial charge on any atom is 0.245 e. The predicted molar refractivity (Wildman–Crippen MR) is 76.5 cm³/mol. The van der Waals surface area contributed by atoms with Crippen LogP contribution in [0.3, 0.4) is 0 Å². The molecular weight excluding hydrogens is 260 g/mol. The standard InChI is InChI=1S/C12H18N6S/c1-7-4-18(5-8(2)14-7)12-15-11(16-17-12)10-9(3)13-6-19-10/h6-8,14H,4-5H2,1-3H3,(H,15,16,17). The molecule has 0 amide bonds. The molecule has 0 spiro atoms. The molecule has 0 saturated carbocycles. The average molecular weight is 278 g/mol. The van der Waals surface area contributed by atoms with Gasteiger partial charge in [0.15, 0.2) is 5.82 Å². The lowest BCUT2D eigenvalue weighted by atomic mass is 10.1. The van der Waals surface area contributed by atoms with Crippen molar-refractivity contribution in [2.45, 2.75) is 32.9 Å². The van der Waals surface area contributed by atoms with Gasteiger partial charge < -0.3 is 10.2 Å². The van der Waals surface area contributed by atoms with Crippen LogP contribution in [0.25, 0.3) is 10.7 Å². The molecule has 7 heteroatoms. The number of aromatic nitrogens is 4. The van der Waals surface area contributed by atoms with E-state index in [2.05, 4.69) is 44.2 Å². The SMILES string of the molecule is Cc1ncsc1-c1nc(N2CC(C)NC(C)C2)n[nH]1. The molecule has 1 aliphatic heterocycles. The van der Waals surface area contributed by atoms with Gasteiger partial charge in [-0.2, -0.15) is 4.98 Å². The summed E-state index contributed by atoms with van der Waals surface area (Å²) in [4.78, 5) is 12.1. The first-order chi connectivity index (χ1) is 9.13. The molecule has 2 aromatic rings. The van der Waals surface area contributed by atoms with E-state index in [-0.39, 0.29) is 0 Å². The van der Waals surface area contributed by atoms with Gasteiger partial charge in [-0.3, -0.25) is 5.10 Å². The van der Waals surface area contributed by atoms with Crippen LogP contribution >= 0.6 is 11.3 Å². The third-order valence-electron chi connectivity index (χ3n) is 3.27. The quantitative estimate of drug-likeness (QED) is 0.869. The highest BCUT2D eigenvalue weighted by Crippen LogP contribution is 2.25. The number of aromatic amines is 1. The molecule has 2 aromatic heterocycles. The molecule has 3 rings (SSSR count). The molecule has 3 heterocycles. The summed E-state index contributed by atoms with van der Waals surface area (Å²) in [5.74, 6) is 1.59. The summed E-state index contributed by atoms with van der Waals surface area (Å²) < 4.78 is 0. The Balaban J connectivity index is 1.83. The van der Waals surface area contributed by atoms with Gasteiger partial charge >= 0.3 is 0 Å². The van der Waals surface area contributed by atoms with E-state index in [1.807, 2.05) is 12.4 Å². The van der Waals surface area contributed by atoms with Crippen molar-refractivity contribution in [3.63, 3.8) is 0 Å². The Kier molecular flexibility index (Phi) is 3.24. The zero-order chi connectivity index (χ0) is 13.4. The maximum atomic E-state index is 4.61. The highest BCUT2D eigenvalue weighted by Gasteiger charge is 2.24. The van der Waals surface area contributed by atoms with Gasteiger partial charge in [0, 0.05) is 25.2 Å². The third kappa shape index (κ3) is 2.48. The lowest BCUT2D eigenvalue weighted by molar-refractivity contribution is 0.403. The van der Waals surface area contributed by atoms with Crippen molar-refractivity contribution in [2.75, 3.05) is 18.0 Å². The Morgan fingerprint density at radius 3 is 2.68 bits per heavy atom. The summed E-state index contributed by atoms with van der Waals surface area (Å²) >= 11 is 1.59. The molecule has 0 aliphatic carbocycles. The number of piperazine rings is 1. The maximum absolute atomic E-state index is 4.61. The molecule has 0 radical (unpaired) electrons. The van der Waals surface area contributed by atoms with Gasteiger partial charge in [-0.1, -0.05) is 0 Å². The molecule has 1 fully saturated rings. The van der Waals surface area contributed by atoms with E-state index in [4.69, 9.17) is 0 Å². The fourth-order valence-electron chi connectivity index (χ4n) is 2.52. The van der Waals surface area contributed by atoms with Crippen LogP contribution in [0.2, 0.25) is 0 Å². The lowest BCUT2D eigenvalue weighted by Crippen LogP contribution is -2.54. The van der Waals surface area contributed by atoms with Crippen LogP contribution in [-0.4, -0.2) is 45.3 Å². The minimum absolute atomic E-state index is 0.454. The Hall–Kier alpha value is -1.47. The first-order valence-corrected chi connectivity index (χ1v) is 7.35. The fourth-order valence-corrected chi connectivity index (χ4v) is 3.26. The Bertz CT molecular complexity index is 552. The molecular formula is C12H18N6S. The van der Waals surface area contributed by atoms with Crippen LogP contribution in [-0.2, 0) is 0 Å². The first-order valence-electron chi connectivity index (χ1n) is 6.47. The molecule has 0 aromatic carbocycles. The predicted octanol–water partition coefficient (Wildman–Crippen LogP) is 1.42. The van der Waals surface area contributed by atoms with Crippen LogP contribution in [0, 0.1) is 6.92 Å². The number of anilines is 1. The van der Waals surface area contributed by atoms with Crippen molar-refractivity contribution in [1.82, 2.24) is 25.5 Å². The van der Waals surface area contributed by atoms with Crippen molar-refractivity contribution in [3.05, 3.63) is 11.2 Å². The summed E-state index contributed by atoms with van der Waals surface area (Å²) in [5, 5.41) is 10.9. The van der Waals surface area contributed by atoms with Gasteiger partial charge in [-0.15, -0.1) is 16.4 Å². The average Bonchev–Trinajstić information content (AvgIpc) is 2.95. The van der Waals surface area contributed by atoms with Gasteiger partial charge in [-0.05, 0) is 20.8 Å². The fraction of sp³-hybridized carbons (Fsp3) is 0.583. The summed E-state index contributed by atoms with van der Waals surface area (Å²) in [6.07, 6.45) is 0. The van der Waals surface area contributed by atoms with Crippen molar-refractivity contribution >= 4 is 17.3 Å². The highest BCUT2D eigenvalue weighted by atomic mass is 32.1. The minimum Gasteiger partial charge on any atom is -0.336 e. The van der Waals surface area contributed by atoms with Gasteiger partial charge in [0.25, 0.3) is 0 Å². The molecule has 19 heavy (non-hydrogen) atoms. The van der Waals surface area contributed by atoms with Gasteiger partial charge in [0.05, 0.1) is 16.1 Å². The lowest BCUT2D eigenvalue weighted by Gasteiger charge is -2.35. The van der Waals surface area contributed by atoms with Crippen LogP contribution in [0.15, 0.2) is 5.51 Å². The van der Waals surface area contributed by atoms with Crippen LogP contribution < -0.4 is 10.2 Å². The number of H-pyrrole nitrogens is 1. The van der Waals surface area contributed by atoms with E-state index in [0.29, 0.717) is 12.1 Å². The summed E-state index contributed by atoms with van der Waals surface area (Å²) in [6, 6.07) is 0.909. The number of rotatable bonds is 2. The zero-order valence-electron chi connectivity index (χ0n) is 11.3. The third-order valence-corrected chi connectivity index (χ3v) is 4.21. The van der Waals surface area contributed by atoms with E-state index >= 15 is 0 Å². The Labute approximate surface area is 116 Å². The smallest absolute Gasteiger partial charge is 0.245 e. The van der Waals surface area contributed by atoms with Crippen LogP contribution in [0.5, 0.6) is 0 Å². The molecule has 2 N–H and O–H groups in total. The number of nitrogens with zero attached hydrogens (tertiary/aromatic N) is 4. The second kappa shape index (κ2) is 4.90. The van der Waals surface area contributed by atoms with Gasteiger partial charge in [0.2, 0.25) is 5.95 Å². The van der Waals surface area contributed by atoms with Crippen molar-refractivity contribution in [3.8, 4) is 10.7 Å². The first kappa shape index (κ1) is 12.6. The monoisotopic (exact) mass is 278 g/mol. The van der Waals surface area contributed by atoms with Crippen molar-refractivity contribution < 1.29 is 0 Å². The van der Waals surface area contributed by atoms with Crippen LogP contribution in [0.4, 0.5) is 5.95 Å². The number of nitrogens with one attached hydrogen (secondary N) is 2. The Morgan fingerprint density at radius 2 is 2.05 bits per heavy atom. The minimum atomic E-state index is 0.454. The van der Waals surface area contributed by atoms with Crippen molar-refractivity contribution in [2.24, 2.45) is 0 Å². The van der Waals surface area contributed by atoms with E-state index in [1.165, 1.54) is 0 Å². The zero-order valence-corrected chi connectivity index (χ0v) is 12.2. The topological polar surface area (TPSA) is 69.7 Å². The van der Waals surface area contributed by atoms with Crippen LogP contribution in [0.1, 0.15) is 19.5 Å². The normalized spacial score (nSPS) is 23.8. The van der Waals surface area contributed by atoms with E-state index in [9.17, 15) is 0 Å². The van der Waals surface area contributed by atoms with E-state index in [0.717, 1.165) is 35.4 Å². The number of aryl methyl sites for hydroxylation is 1. The molecule has 1 aliphatic rings. The highest BCUT2D eigenvalue weighted by molar-refractivity contribution is 7.13. The number of thiazole rings is 1. The number of hydrogen-bond donors (Lipinski definition) is 2. The molecule has 2 atom stereocenters. The second-order valence-electron chi connectivity index (χ2n) is 5.12. The van der Waals surface area contributed by atoms with Crippen molar-refractivity contribution in [1.29, 1.82) is 0 Å². The van der Waals surface area contributed by atoms with Gasteiger partial charge in [0.1, 0.15) is 0 Å². The molecule has 0 bridgehead atoms. The molecule has 6 nitrogen and oxygen atoms in total. The molecule has 1 saturated heterocycles. The molecule has 102 valence electrons. The van der Waals surface area contributed by atoms with E-state index in [1.54, 1.807) is 11.3 Å². The largest absolute Gasteiger partial charge is 0.336 e. The number of hydrogen-bond acceptors (Lipinski definition) is 6. The van der Waals surface area contributed by atoms with Gasteiger partial charge in [-0.25, -0.2) is 4.98 Å². The summed E-state index contributed by atoms with van der Waals surface area (Å²) in [6.45, 7) is 8.22. The molecule has 2 unspecified atom stereocenters. The second-order valence-corrected chi connectivity index (χ2v) is 5.98.